The number of rotatable bonds is 8. The van der Waals surface area contributed by atoms with Crippen LogP contribution in [0.2, 0.25) is 5.02 Å². The minimum atomic E-state index is -1.41. The number of carboxylic acid groups (broad SMARTS) is 1. The predicted molar refractivity (Wildman–Crippen MR) is 161 cm³/mol. The Kier molecular flexibility index (Phi) is 8.63. The van der Waals surface area contributed by atoms with Crippen molar-refractivity contribution in [1.29, 1.82) is 0 Å². The molecule has 222 valence electrons. The van der Waals surface area contributed by atoms with E-state index in [0.29, 0.717) is 53.6 Å². The summed E-state index contributed by atoms with van der Waals surface area (Å²) < 4.78 is 24.5. The lowest BCUT2D eigenvalue weighted by molar-refractivity contribution is -0.255. The smallest absolute Gasteiger partial charge is 0.338 e. The van der Waals surface area contributed by atoms with Gasteiger partial charge in [0.1, 0.15) is 11.5 Å². The number of ether oxygens (including phenoxy) is 3. The van der Waals surface area contributed by atoms with Gasteiger partial charge in [-0.25, -0.2) is 9.79 Å². The summed E-state index contributed by atoms with van der Waals surface area (Å²) in [5.41, 5.74) is 1.07. The molecule has 3 heterocycles. The van der Waals surface area contributed by atoms with E-state index in [9.17, 15) is 19.5 Å². The molecule has 13 heteroatoms. The second kappa shape index (κ2) is 12.2. The van der Waals surface area contributed by atoms with E-state index in [1.807, 2.05) is 0 Å². The van der Waals surface area contributed by atoms with E-state index in [1.54, 1.807) is 50.3 Å². The van der Waals surface area contributed by atoms with Gasteiger partial charge in [-0.15, -0.1) is 0 Å². The second-order valence-corrected chi connectivity index (χ2v) is 11.5. The maximum atomic E-state index is 14.0. The molecule has 0 amide bonds. The van der Waals surface area contributed by atoms with Gasteiger partial charge < -0.3 is 28.5 Å². The number of benzene rings is 2. The highest BCUT2D eigenvalue weighted by Crippen LogP contribution is 2.40. The van der Waals surface area contributed by atoms with Crippen molar-refractivity contribution in [2.75, 3.05) is 20.8 Å². The monoisotopic (exact) mass is 685 g/mol. The number of allylic oxidation sites excluding steroid dienone is 1. The van der Waals surface area contributed by atoms with E-state index in [4.69, 9.17) is 30.2 Å². The molecule has 1 aliphatic heterocycles. The van der Waals surface area contributed by atoms with Crippen molar-refractivity contribution in [1.82, 2.24) is 4.57 Å². The van der Waals surface area contributed by atoms with Crippen LogP contribution in [0.15, 0.2) is 72.4 Å². The van der Waals surface area contributed by atoms with Crippen molar-refractivity contribution in [3.63, 3.8) is 0 Å². The Bertz CT molecular complexity index is 1990. The number of carbonyl (C=O) groups excluding carboxylic acids is 2. The zero-order valence-electron chi connectivity index (χ0n) is 23.2. The van der Waals surface area contributed by atoms with Crippen LogP contribution in [0.4, 0.5) is 0 Å². The van der Waals surface area contributed by atoms with Crippen LogP contribution in [-0.4, -0.2) is 37.3 Å². The van der Waals surface area contributed by atoms with Crippen LogP contribution in [0.5, 0.6) is 11.5 Å². The summed E-state index contributed by atoms with van der Waals surface area (Å²) in [5, 5.41) is 11.4. The van der Waals surface area contributed by atoms with Crippen molar-refractivity contribution >= 4 is 56.9 Å². The highest BCUT2D eigenvalue weighted by atomic mass is 79.9. The van der Waals surface area contributed by atoms with Gasteiger partial charge in [-0.3, -0.25) is 9.36 Å². The number of carboxylic acids is 1. The van der Waals surface area contributed by atoms with Gasteiger partial charge in [-0.2, -0.15) is 0 Å². The fraction of sp³-hybridized carbons (Fsp3) is 0.200. The van der Waals surface area contributed by atoms with E-state index in [1.165, 1.54) is 30.9 Å². The molecule has 43 heavy (non-hydrogen) atoms. The van der Waals surface area contributed by atoms with Gasteiger partial charge in [0.05, 0.1) is 48.6 Å². The Morgan fingerprint density at radius 2 is 1.88 bits per heavy atom. The Morgan fingerprint density at radius 3 is 2.56 bits per heavy atom. The normalized spacial score (nSPS) is 14.7. The van der Waals surface area contributed by atoms with Crippen LogP contribution in [0.25, 0.3) is 17.4 Å². The molecule has 0 saturated heterocycles. The summed E-state index contributed by atoms with van der Waals surface area (Å²) in [5.74, 6) is -0.425. The number of furan rings is 1. The molecule has 0 fully saturated rings. The lowest BCUT2D eigenvalue weighted by Crippen LogP contribution is -2.40. The van der Waals surface area contributed by atoms with Crippen LogP contribution in [-0.2, 0) is 9.53 Å². The lowest BCUT2D eigenvalue weighted by atomic mass is 9.95. The average molecular weight is 687 g/mol. The number of thiazole rings is 1. The van der Waals surface area contributed by atoms with Gasteiger partial charge in [0.25, 0.3) is 5.56 Å². The van der Waals surface area contributed by atoms with E-state index in [0.717, 1.165) is 11.3 Å². The number of aromatic carboxylic acids is 1. The molecule has 0 radical (unpaired) electrons. The molecule has 0 N–H and O–H groups in total. The van der Waals surface area contributed by atoms with Crippen molar-refractivity contribution in [2.24, 2.45) is 4.99 Å². The Morgan fingerprint density at radius 1 is 1.16 bits per heavy atom. The zero-order chi connectivity index (χ0) is 31.0. The van der Waals surface area contributed by atoms with E-state index < -0.39 is 23.5 Å². The molecule has 0 spiro atoms. The molecule has 2 aromatic carbocycles. The highest BCUT2D eigenvalue weighted by Gasteiger charge is 2.35. The molecule has 1 aliphatic rings. The highest BCUT2D eigenvalue weighted by molar-refractivity contribution is 9.10. The minimum absolute atomic E-state index is 0.0461. The Labute approximate surface area is 262 Å². The lowest BCUT2D eigenvalue weighted by Gasteiger charge is -2.26. The topological polar surface area (TPSA) is 132 Å². The number of methoxy groups -OCH3 is 2. The van der Waals surface area contributed by atoms with Crippen LogP contribution >= 0.6 is 38.9 Å². The molecule has 0 aliphatic carbocycles. The number of halogens is 2. The number of carbonyl (C=O) groups is 2. The fourth-order valence-corrected chi connectivity index (χ4v) is 6.48. The van der Waals surface area contributed by atoms with Crippen molar-refractivity contribution < 1.29 is 33.3 Å². The number of esters is 1. The predicted octanol–water partition coefficient (Wildman–Crippen LogP) is 3.85. The molecule has 0 unspecified atom stereocenters. The third kappa shape index (κ3) is 5.65. The molecule has 10 nitrogen and oxygen atoms in total. The SMILES string of the molecule is CCOC(=O)C1=C(C)N=c2s/c(=C/c3ccc(-c4ccc(Cl)c(C(=O)[O-])c4)o3)c(=O)n2[C@@H]1c1cc(OC)c(OC)cc1Br. The largest absolute Gasteiger partial charge is 0.545 e. The first kappa shape index (κ1) is 30.3. The maximum Gasteiger partial charge on any atom is 0.338 e. The molecule has 2 aromatic heterocycles. The third-order valence-electron chi connectivity index (χ3n) is 6.69. The van der Waals surface area contributed by atoms with E-state index >= 15 is 0 Å². The number of nitrogens with zero attached hydrogens (tertiary/aromatic N) is 2. The van der Waals surface area contributed by atoms with Crippen molar-refractivity contribution in [3.8, 4) is 22.8 Å². The summed E-state index contributed by atoms with van der Waals surface area (Å²) in [4.78, 5) is 43.6. The molecular formula is C30H23BrClN2O8S-. The van der Waals surface area contributed by atoms with Crippen LogP contribution in [0.1, 0.15) is 41.6 Å². The fourth-order valence-electron chi connectivity index (χ4n) is 4.71. The number of hydrogen-bond acceptors (Lipinski definition) is 10. The Balaban J connectivity index is 1.66. The number of aromatic nitrogens is 1. The van der Waals surface area contributed by atoms with Crippen molar-refractivity contribution in [2.45, 2.75) is 19.9 Å². The molecule has 4 aromatic rings. The first-order valence-electron chi connectivity index (χ1n) is 12.8. The van der Waals surface area contributed by atoms with Gasteiger partial charge in [0.2, 0.25) is 0 Å². The first-order chi connectivity index (χ1) is 20.6. The molecule has 0 saturated carbocycles. The third-order valence-corrected chi connectivity index (χ3v) is 8.68. The number of hydrogen-bond donors (Lipinski definition) is 0. The standard InChI is InChI=1S/C30H24BrClN2O8S/c1-5-41-29(38)25-14(2)33-30-34(26(25)17-12-22(39-3)23(40-4)13-19(17)31)27(35)24(43-30)11-16-7-9-21(42-16)15-6-8-20(32)18(10-15)28(36)37/h6-13,26H,5H2,1-4H3,(H,36,37)/p-1/b24-11+/t26-/m1/s1. The van der Waals surface area contributed by atoms with Gasteiger partial charge in [-0.05, 0) is 61.9 Å². The van der Waals surface area contributed by atoms with Crippen LogP contribution in [0.3, 0.4) is 0 Å². The molecule has 5 rings (SSSR count). The molecular weight excluding hydrogens is 664 g/mol. The Hall–Kier alpha value is -4.13. The summed E-state index contributed by atoms with van der Waals surface area (Å²) >= 11 is 10.7. The van der Waals surface area contributed by atoms with Crippen molar-refractivity contribution in [3.05, 3.63) is 99.8 Å². The quantitative estimate of drug-likeness (QED) is 0.256. The van der Waals surface area contributed by atoms with Gasteiger partial charge in [0, 0.05) is 26.7 Å². The summed E-state index contributed by atoms with van der Waals surface area (Å²) in [7, 11) is 3.01. The van der Waals surface area contributed by atoms with Gasteiger partial charge in [0.15, 0.2) is 16.3 Å². The summed E-state index contributed by atoms with van der Waals surface area (Å²) in [6, 6.07) is 10.2. The van der Waals surface area contributed by atoms with Crippen LogP contribution < -0.4 is 29.5 Å². The zero-order valence-corrected chi connectivity index (χ0v) is 26.4. The maximum absolute atomic E-state index is 14.0. The summed E-state index contributed by atoms with van der Waals surface area (Å²) in [6.07, 6.45) is 1.56. The average Bonchev–Trinajstić information content (AvgIpc) is 3.56. The van der Waals surface area contributed by atoms with Gasteiger partial charge in [-0.1, -0.05) is 38.9 Å². The molecule has 1 atom stereocenters. The minimum Gasteiger partial charge on any atom is -0.545 e. The number of fused-ring (bicyclic) bond motifs is 1. The van der Waals surface area contributed by atoms with Gasteiger partial charge >= 0.3 is 5.97 Å². The van der Waals surface area contributed by atoms with E-state index in [-0.39, 0.29) is 22.8 Å². The molecule has 0 bridgehead atoms. The first-order valence-corrected chi connectivity index (χ1v) is 14.8. The van der Waals surface area contributed by atoms with E-state index in [2.05, 4.69) is 20.9 Å². The van der Waals surface area contributed by atoms with Crippen LogP contribution in [0, 0.1) is 0 Å². The second-order valence-electron chi connectivity index (χ2n) is 9.22. The summed E-state index contributed by atoms with van der Waals surface area (Å²) in [6.45, 7) is 3.53.